The van der Waals surface area contributed by atoms with Crippen LogP contribution in [0.3, 0.4) is 0 Å². The standard InChI is InChI=1S/C28H27P2.ClH.Pd/c1-5-15-25(16-6-1)29(26-17-7-2-8-18-26)23-13-14-24-30(27-19-9-3-10-20-27)28-21-11-4-12-22-28;;/h1-12,15-23H,13-14,24H2;1H;/q;;+1/p-1. The molecule has 4 heteroatoms. The Labute approximate surface area is 207 Å². The van der Waals surface area contributed by atoms with Crippen molar-refractivity contribution < 1.29 is 17.0 Å². The average molecular weight is 567 g/mol. The summed E-state index contributed by atoms with van der Waals surface area (Å²) in [6, 6.07) is 44.1. The van der Waals surface area contributed by atoms with E-state index in [1.54, 1.807) is 0 Å². The van der Waals surface area contributed by atoms with Gasteiger partial charge in [0.1, 0.15) is 0 Å². The second-order valence-electron chi connectivity index (χ2n) is 7.47. The molecule has 0 aliphatic rings. The van der Waals surface area contributed by atoms with E-state index in [4.69, 9.17) is 9.53 Å². The van der Waals surface area contributed by atoms with Crippen LogP contribution in [-0.4, -0.2) is 10.3 Å². The molecule has 4 aromatic rings. The van der Waals surface area contributed by atoms with Crippen molar-refractivity contribution in [3.05, 3.63) is 121 Å². The summed E-state index contributed by atoms with van der Waals surface area (Å²) < 4.78 is 0.522. The number of halogens is 1. The third-order valence-electron chi connectivity index (χ3n) is 5.35. The summed E-state index contributed by atoms with van der Waals surface area (Å²) in [5.74, 6) is 0. The normalized spacial score (nSPS) is 12.3. The number of hydrogen-bond acceptors (Lipinski definition) is 0. The molecule has 0 radical (unpaired) electrons. The molecule has 0 saturated heterocycles. The van der Waals surface area contributed by atoms with Crippen LogP contribution in [0.15, 0.2) is 121 Å². The molecular weight excluding hydrogens is 540 g/mol. The van der Waals surface area contributed by atoms with Crippen molar-refractivity contribution in [3.63, 3.8) is 0 Å². The summed E-state index contributed by atoms with van der Waals surface area (Å²) in [5.41, 5.74) is 0. The van der Waals surface area contributed by atoms with Crippen LogP contribution in [0.25, 0.3) is 0 Å². The third kappa shape index (κ3) is 6.39. The Kier molecular flexibility index (Phi) is 9.54. The van der Waals surface area contributed by atoms with E-state index in [0.717, 1.165) is 0 Å². The Morgan fingerprint density at radius 3 is 1.31 bits per heavy atom. The average Bonchev–Trinajstić information content (AvgIpc) is 2.88. The molecule has 0 nitrogen and oxygen atoms in total. The molecule has 0 heterocycles. The first-order valence-corrected chi connectivity index (χ1v) is 16.7. The van der Waals surface area contributed by atoms with Crippen LogP contribution in [0.1, 0.15) is 12.8 Å². The summed E-state index contributed by atoms with van der Waals surface area (Å²) in [6.45, 7) is 0. The quantitative estimate of drug-likeness (QED) is 0.150. The number of hydrogen-bond donors (Lipinski definition) is 0. The topological polar surface area (TPSA) is 0 Å². The molecule has 0 N–H and O–H groups in total. The molecule has 1 atom stereocenters. The summed E-state index contributed by atoms with van der Waals surface area (Å²) in [6.07, 6.45) is 3.58. The van der Waals surface area contributed by atoms with Gasteiger partial charge in [-0.25, -0.2) is 0 Å². The molecule has 0 spiro atoms. The zero-order valence-corrected chi connectivity index (χ0v) is 21.9. The van der Waals surface area contributed by atoms with E-state index < -0.39 is 7.92 Å². The molecule has 1 unspecified atom stereocenters. The zero-order valence-electron chi connectivity index (χ0n) is 17.8. The Bertz CT molecular complexity index is 967. The van der Waals surface area contributed by atoms with Gasteiger partial charge in [0.2, 0.25) is 0 Å². The first-order chi connectivity index (χ1) is 15.9. The van der Waals surface area contributed by atoms with Crippen LogP contribution in [0.2, 0.25) is 0 Å². The van der Waals surface area contributed by atoms with E-state index in [1.165, 1.54) is 40.2 Å². The van der Waals surface area contributed by atoms with Gasteiger partial charge in [0.25, 0.3) is 0 Å². The zero-order chi connectivity index (χ0) is 22.0. The monoisotopic (exact) mass is 566 g/mol. The first-order valence-electron chi connectivity index (χ1n) is 10.8. The minimum atomic E-state index is -0.456. The number of rotatable bonds is 10. The fourth-order valence-electron chi connectivity index (χ4n) is 3.85. The van der Waals surface area contributed by atoms with E-state index in [-0.39, 0.29) is 24.9 Å². The van der Waals surface area contributed by atoms with Gasteiger partial charge in [-0.1, -0.05) is 0 Å². The van der Waals surface area contributed by atoms with Crippen molar-refractivity contribution in [2.45, 2.75) is 17.0 Å². The Balaban J connectivity index is 1.53. The molecule has 4 rings (SSSR count). The molecule has 0 fully saturated rings. The third-order valence-corrected chi connectivity index (χ3v) is 14.5. The molecule has 166 valence electrons. The second kappa shape index (κ2) is 12.8. The molecule has 32 heavy (non-hydrogen) atoms. The molecule has 0 saturated carbocycles. The fourth-order valence-corrected chi connectivity index (χ4v) is 12.5. The molecule has 0 aliphatic heterocycles. The predicted octanol–water partition coefficient (Wildman–Crippen LogP) is 6.59. The first kappa shape index (κ1) is 23.8. The van der Waals surface area contributed by atoms with Crippen molar-refractivity contribution in [1.29, 1.82) is 0 Å². The summed E-state index contributed by atoms with van der Waals surface area (Å²) in [7, 11) is 5.88. The van der Waals surface area contributed by atoms with Gasteiger partial charge >= 0.3 is 208 Å². The van der Waals surface area contributed by atoms with E-state index in [9.17, 15) is 0 Å². The SMILES string of the molecule is [Cl][Pd][CH](CCCP(c1ccccc1)c1ccccc1)P(c1ccccc1)c1ccccc1. The fraction of sp³-hybridized carbons (Fsp3) is 0.143. The van der Waals surface area contributed by atoms with Gasteiger partial charge in [0, 0.05) is 0 Å². The van der Waals surface area contributed by atoms with Gasteiger partial charge in [-0.15, -0.1) is 0 Å². The molecular formula is C28H27ClP2Pd. The Morgan fingerprint density at radius 1 is 0.562 bits per heavy atom. The van der Waals surface area contributed by atoms with Gasteiger partial charge in [-0.3, -0.25) is 0 Å². The van der Waals surface area contributed by atoms with Crippen molar-refractivity contribution >= 4 is 46.6 Å². The van der Waals surface area contributed by atoms with Gasteiger partial charge in [-0.05, 0) is 0 Å². The molecule has 0 aromatic heterocycles. The van der Waals surface area contributed by atoms with Crippen LogP contribution in [0.5, 0.6) is 0 Å². The van der Waals surface area contributed by atoms with Crippen molar-refractivity contribution in [1.82, 2.24) is 0 Å². The Hall–Kier alpha value is -1.31. The van der Waals surface area contributed by atoms with Crippen LogP contribution in [-0.2, 0) is 17.0 Å². The van der Waals surface area contributed by atoms with E-state index >= 15 is 0 Å². The van der Waals surface area contributed by atoms with E-state index in [2.05, 4.69) is 121 Å². The van der Waals surface area contributed by atoms with Crippen molar-refractivity contribution in [3.8, 4) is 0 Å². The predicted molar refractivity (Wildman–Crippen MR) is 142 cm³/mol. The maximum absolute atomic E-state index is 6.68. The molecule has 4 aromatic carbocycles. The van der Waals surface area contributed by atoms with Crippen molar-refractivity contribution in [2.75, 3.05) is 6.16 Å². The summed E-state index contributed by atoms with van der Waals surface area (Å²) >= 11 is 0.206. The van der Waals surface area contributed by atoms with Gasteiger partial charge in [0.05, 0.1) is 0 Å². The van der Waals surface area contributed by atoms with E-state index in [0.29, 0.717) is 4.13 Å². The van der Waals surface area contributed by atoms with Gasteiger partial charge in [-0.2, -0.15) is 0 Å². The van der Waals surface area contributed by atoms with Crippen LogP contribution in [0, 0.1) is 0 Å². The molecule has 0 aliphatic carbocycles. The maximum atomic E-state index is 6.68. The summed E-state index contributed by atoms with van der Waals surface area (Å²) in [4.78, 5) is 0. The second-order valence-corrected chi connectivity index (χ2v) is 15.1. The van der Waals surface area contributed by atoms with Gasteiger partial charge in [0.15, 0.2) is 0 Å². The van der Waals surface area contributed by atoms with Crippen molar-refractivity contribution in [2.24, 2.45) is 0 Å². The number of benzene rings is 4. The minimum absolute atomic E-state index is 0.206. The van der Waals surface area contributed by atoms with E-state index in [1.807, 2.05) is 0 Å². The van der Waals surface area contributed by atoms with Crippen LogP contribution >= 0.6 is 25.4 Å². The Morgan fingerprint density at radius 2 is 0.938 bits per heavy atom. The van der Waals surface area contributed by atoms with Crippen LogP contribution in [0.4, 0.5) is 0 Å². The molecule has 0 amide bonds. The summed E-state index contributed by atoms with van der Waals surface area (Å²) in [5, 5.41) is 5.81. The van der Waals surface area contributed by atoms with Gasteiger partial charge < -0.3 is 0 Å². The molecule has 0 bridgehead atoms. The van der Waals surface area contributed by atoms with Crippen LogP contribution < -0.4 is 21.2 Å².